The van der Waals surface area contributed by atoms with E-state index >= 15 is 0 Å². The van der Waals surface area contributed by atoms with Crippen molar-refractivity contribution in [1.82, 2.24) is 4.90 Å². The fourth-order valence-electron chi connectivity index (χ4n) is 3.05. The molecular weight excluding hydrogens is 228 g/mol. The third-order valence-corrected chi connectivity index (χ3v) is 4.17. The van der Waals surface area contributed by atoms with Crippen LogP contribution in [-0.4, -0.2) is 42.6 Å². The molecule has 2 aliphatic heterocycles. The molecule has 4 heteroatoms. The molecule has 104 valence electrons. The van der Waals surface area contributed by atoms with Gasteiger partial charge in [0.25, 0.3) is 0 Å². The van der Waals surface area contributed by atoms with Crippen molar-refractivity contribution in [3.8, 4) is 0 Å². The van der Waals surface area contributed by atoms with E-state index in [0.717, 1.165) is 45.2 Å². The van der Waals surface area contributed by atoms with Gasteiger partial charge in [0.15, 0.2) is 0 Å². The van der Waals surface area contributed by atoms with Gasteiger partial charge in [-0.2, -0.15) is 0 Å². The monoisotopic (exact) mass is 254 g/mol. The van der Waals surface area contributed by atoms with Crippen LogP contribution in [0, 0.1) is 5.92 Å². The number of hydrogen-bond acceptors (Lipinski definition) is 3. The van der Waals surface area contributed by atoms with Crippen molar-refractivity contribution >= 4 is 5.91 Å². The van der Waals surface area contributed by atoms with Crippen LogP contribution in [0.15, 0.2) is 0 Å². The summed E-state index contributed by atoms with van der Waals surface area (Å²) in [6.45, 7) is 4.38. The second-order valence-corrected chi connectivity index (χ2v) is 5.70. The van der Waals surface area contributed by atoms with E-state index in [0.29, 0.717) is 12.6 Å². The summed E-state index contributed by atoms with van der Waals surface area (Å²) in [5.74, 6) is 0.207. The van der Waals surface area contributed by atoms with E-state index in [2.05, 4.69) is 6.92 Å². The zero-order valence-corrected chi connectivity index (χ0v) is 11.4. The third kappa shape index (κ3) is 3.45. The van der Waals surface area contributed by atoms with Crippen LogP contribution in [0.5, 0.6) is 0 Å². The molecule has 0 spiro atoms. The number of carbonyl (C=O) groups excluding carboxylic acids is 1. The Kier molecular flexibility index (Phi) is 5.01. The van der Waals surface area contributed by atoms with Crippen LogP contribution < -0.4 is 5.73 Å². The highest BCUT2D eigenvalue weighted by Crippen LogP contribution is 2.25. The van der Waals surface area contributed by atoms with Gasteiger partial charge in [-0.05, 0) is 45.4 Å². The number of ether oxygens (including phenoxy) is 1. The average molecular weight is 254 g/mol. The Hall–Kier alpha value is -0.610. The maximum Gasteiger partial charge on any atom is 0.227 e. The summed E-state index contributed by atoms with van der Waals surface area (Å²) in [5.41, 5.74) is 5.79. The van der Waals surface area contributed by atoms with Gasteiger partial charge in [-0.1, -0.05) is 0 Å². The summed E-state index contributed by atoms with van der Waals surface area (Å²) in [6.07, 6.45) is 7.10. The van der Waals surface area contributed by atoms with Crippen LogP contribution in [0.4, 0.5) is 0 Å². The number of piperidine rings is 1. The first kappa shape index (κ1) is 13.8. The van der Waals surface area contributed by atoms with E-state index in [4.69, 9.17) is 10.5 Å². The molecule has 0 saturated carbocycles. The number of nitrogens with two attached hydrogens (primary N) is 1. The minimum absolute atomic E-state index is 0.0431. The number of likely N-dealkylation sites (tertiary alicyclic amines) is 1. The van der Waals surface area contributed by atoms with Gasteiger partial charge in [-0.15, -0.1) is 0 Å². The molecule has 0 radical (unpaired) electrons. The number of hydrogen-bond donors (Lipinski definition) is 1. The average Bonchev–Trinajstić information content (AvgIpc) is 2.82. The summed E-state index contributed by atoms with van der Waals surface area (Å²) in [7, 11) is 0. The van der Waals surface area contributed by atoms with Gasteiger partial charge < -0.3 is 15.4 Å². The quantitative estimate of drug-likeness (QED) is 0.828. The summed E-state index contributed by atoms with van der Waals surface area (Å²) in [6, 6.07) is 0. The van der Waals surface area contributed by atoms with Crippen LogP contribution in [0.1, 0.15) is 45.4 Å². The van der Waals surface area contributed by atoms with E-state index in [1.54, 1.807) is 0 Å². The van der Waals surface area contributed by atoms with Gasteiger partial charge in [-0.3, -0.25) is 4.79 Å². The molecule has 2 heterocycles. The number of nitrogens with zero attached hydrogens (tertiary/aromatic N) is 1. The Balaban J connectivity index is 1.85. The standard InChI is InChI=1S/C14H26N2O2/c1-11-5-6-13(18-11)9-12(10-15)14(17)16-7-3-2-4-8-16/h11-13H,2-10,15H2,1H3. The molecule has 3 unspecified atom stereocenters. The van der Waals surface area contributed by atoms with E-state index < -0.39 is 0 Å². The predicted molar refractivity (Wildman–Crippen MR) is 71.2 cm³/mol. The Bertz CT molecular complexity index is 277. The lowest BCUT2D eigenvalue weighted by Crippen LogP contribution is -2.43. The minimum Gasteiger partial charge on any atom is -0.375 e. The number of carbonyl (C=O) groups is 1. The summed E-state index contributed by atoms with van der Waals surface area (Å²) >= 11 is 0. The van der Waals surface area contributed by atoms with Gasteiger partial charge in [-0.25, -0.2) is 0 Å². The smallest absolute Gasteiger partial charge is 0.227 e. The highest BCUT2D eigenvalue weighted by atomic mass is 16.5. The Morgan fingerprint density at radius 3 is 2.61 bits per heavy atom. The largest absolute Gasteiger partial charge is 0.375 e. The maximum absolute atomic E-state index is 12.4. The van der Waals surface area contributed by atoms with E-state index in [-0.39, 0.29) is 17.9 Å². The molecule has 2 saturated heterocycles. The van der Waals surface area contributed by atoms with Crippen molar-refractivity contribution in [2.45, 2.75) is 57.7 Å². The highest BCUT2D eigenvalue weighted by molar-refractivity contribution is 5.79. The van der Waals surface area contributed by atoms with Crippen LogP contribution >= 0.6 is 0 Å². The predicted octanol–water partition coefficient (Wildman–Crippen LogP) is 1.53. The zero-order valence-electron chi connectivity index (χ0n) is 11.4. The molecule has 1 amide bonds. The molecular formula is C14H26N2O2. The van der Waals surface area contributed by atoms with Crippen molar-refractivity contribution in [1.29, 1.82) is 0 Å². The van der Waals surface area contributed by atoms with E-state index in [1.165, 1.54) is 6.42 Å². The highest BCUT2D eigenvalue weighted by Gasteiger charge is 2.30. The van der Waals surface area contributed by atoms with Gasteiger partial charge >= 0.3 is 0 Å². The topological polar surface area (TPSA) is 55.6 Å². The van der Waals surface area contributed by atoms with Crippen LogP contribution in [-0.2, 0) is 9.53 Å². The van der Waals surface area contributed by atoms with E-state index in [9.17, 15) is 4.79 Å². The molecule has 3 atom stereocenters. The first-order chi connectivity index (χ1) is 8.70. The lowest BCUT2D eigenvalue weighted by Gasteiger charge is -2.30. The molecule has 4 nitrogen and oxygen atoms in total. The van der Waals surface area contributed by atoms with Crippen molar-refractivity contribution < 1.29 is 9.53 Å². The molecule has 0 aromatic heterocycles. The molecule has 2 fully saturated rings. The molecule has 0 aromatic carbocycles. The summed E-state index contributed by atoms with van der Waals surface area (Å²) < 4.78 is 5.80. The Labute approximate surface area is 110 Å². The molecule has 18 heavy (non-hydrogen) atoms. The molecule has 2 aliphatic rings. The molecule has 2 N–H and O–H groups in total. The molecule has 0 aromatic rings. The fourth-order valence-corrected chi connectivity index (χ4v) is 3.05. The van der Waals surface area contributed by atoms with Crippen LogP contribution in [0.25, 0.3) is 0 Å². The van der Waals surface area contributed by atoms with Crippen LogP contribution in [0.3, 0.4) is 0 Å². The first-order valence-electron chi connectivity index (χ1n) is 7.35. The lowest BCUT2D eigenvalue weighted by atomic mass is 9.97. The van der Waals surface area contributed by atoms with Gasteiger partial charge in [0, 0.05) is 19.6 Å². The van der Waals surface area contributed by atoms with Gasteiger partial charge in [0.2, 0.25) is 5.91 Å². The Morgan fingerprint density at radius 1 is 1.33 bits per heavy atom. The maximum atomic E-state index is 12.4. The molecule has 0 bridgehead atoms. The second kappa shape index (κ2) is 6.53. The summed E-state index contributed by atoms with van der Waals surface area (Å²) in [5, 5.41) is 0. The minimum atomic E-state index is -0.0431. The van der Waals surface area contributed by atoms with Gasteiger partial charge in [0.1, 0.15) is 0 Å². The third-order valence-electron chi connectivity index (χ3n) is 4.17. The normalized spacial score (nSPS) is 30.4. The van der Waals surface area contributed by atoms with Crippen molar-refractivity contribution in [3.05, 3.63) is 0 Å². The van der Waals surface area contributed by atoms with Crippen molar-refractivity contribution in [2.75, 3.05) is 19.6 Å². The number of amides is 1. The number of rotatable bonds is 4. The van der Waals surface area contributed by atoms with Crippen molar-refractivity contribution in [2.24, 2.45) is 11.7 Å². The lowest BCUT2D eigenvalue weighted by molar-refractivity contribution is -0.137. The molecule has 2 rings (SSSR count). The second-order valence-electron chi connectivity index (χ2n) is 5.70. The van der Waals surface area contributed by atoms with Crippen LogP contribution in [0.2, 0.25) is 0 Å². The van der Waals surface area contributed by atoms with Gasteiger partial charge in [0.05, 0.1) is 18.1 Å². The first-order valence-corrected chi connectivity index (χ1v) is 7.35. The SMILES string of the molecule is CC1CCC(CC(CN)C(=O)N2CCCCC2)O1. The molecule has 0 aliphatic carbocycles. The summed E-state index contributed by atoms with van der Waals surface area (Å²) in [4.78, 5) is 14.4. The van der Waals surface area contributed by atoms with E-state index in [1.807, 2.05) is 4.90 Å². The fraction of sp³-hybridized carbons (Fsp3) is 0.929. The zero-order chi connectivity index (χ0) is 13.0. The Morgan fingerprint density at radius 2 is 2.06 bits per heavy atom. The van der Waals surface area contributed by atoms with Crippen molar-refractivity contribution in [3.63, 3.8) is 0 Å².